The lowest BCUT2D eigenvalue weighted by molar-refractivity contribution is -0.121. The minimum absolute atomic E-state index is 0.185. The Kier molecular flexibility index (Phi) is 4.29. The average Bonchev–Trinajstić information content (AvgIpc) is 3.31. The van der Waals surface area contributed by atoms with Crippen LogP contribution < -0.4 is 5.32 Å². The van der Waals surface area contributed by atoms with Crippen LogP contribution in [0.2, 0.25) is 0 Å². The maximum absolute atomic E-state index is 12.6. The number of pyridine rings is 1. The van der Waals surface area contributed by atoms with Gasteiger partial charge in [-0.15, -0.1) is 11.3 Å². The van der Waals surface area contributed by atoms with Gasteiger partial charge in [0.1, 0.15) is 5.52 Å². The minimum atomic E-state index is -0.983. The molecule has 26 heavy (non-hydrogen) atoms. The van der Waals surface area contributed by atoms with Crippen LogP contribution in [0, 0.1) is 5.92 Å². The predicted molar refractivity (Wildman–Crippen MR) is 98.2 cm³/mol. The van der Waals surface area contributed by atoms with Crippen LogP contribution in [-0.2, 0) is 4.79 Å². The van der Waals surface area contributed by atoms with E-state index in [-0.39, 0.29) is 18.4 Å². The molecule has 1 saturated heterocycles. The molecule has 8 nitrogen and oxygen atoms in total. The molecule has 3 N–H and O–H groups in total. The summed E-state index contributed by atoms with van der Waals surface area (Å²) in [6, 6.07) is 5.62. The van der Waals surface area contributed by atoms with Gasteiger partial charge in [-0.25, -0.2) is 14.8 Å². The number of aromatic nitrogens is 3. The molecule has 2 amide bonds. The molecule has 0 aliphatic carbocycles. The van der Waals surface area contributed by atoms with Crippen LogP contribution in [0.25, 0.3) is 21.9 Å². The second-order valence-corrected chi connectivity index (χ2v) is 7.12. The molecule has 9 heteroatoms. The molecule has 3 aromatic rings. The third-order valence-corrected chi connectivity index (χ3v) is 5.34. The van der Waals surface area contributed by atoms with E-state index in [2.05, 4.69) is 20.3 Å². The first-order chi connectivity index (χ1) is 12.6. The lowest BCUT2D eigenvalue weighted by Gasteiger charge is -2.29. The number of fused-ring (bicyclic) bond motifs is 1. The molecule has 1 aliphatic rings. The number of anilines is 1. The van der Waals surface area contributed by atoms with Gasteiger partial charge >= 0.3 is 6.09 Å². The Bertz CT molecular complexity index is 953. The van der Waals surface area contributed by atoms with Gasteiger partial charge in [-0.05, 0) is 30.4 Å². The molecule has 4 rings (SSSR count). The van der Waals surface area contributed by atoms with Gasteiger partial charge < -0.3 is 20.3 Å². The number of nitrogens with one attached hydrogen (secondary N) is 2. The molecule has 1 unspecified atom stereocenters. The fourth-order valence-corrected chi connectivity index (χ4v) is 3.81. The van der Waals surface area contributed by atoms with Crippen molar-refractivity contribution in [3.63, 3.8) is 0 Å². The van der Waals surface area contributed by atoms with E-state index >= 15 is 0 Å². The fraction of sp³-hybridized carbons (Fsp3) is 0.294. The lowest BCUT2D eigenvalue weighted by Crippen LogP contribution is -2.43. The van der Waals surface area contributed by atoms with E-state index in [4.69, 9.17) is 5.11 Å². The van der Waals surface area contributed by atoms with Crippen LogP contribution in [0.4, 0.5) is 10.5 Å². The summed E-state index contributed by atoms with van der Waals surface area (Å²) in [5.74, 6) is 0.164. The minimum Gasteiger partial charge on any atom is -0.465 e. The average molecular weight is 371 g/mol. The first-order valence-corrected chi connectivity index (χ1v) is 9.17. The monoisotopic (exact) mass is 371 g/mol. The summed E-state index contributed by atoms with van der Waals surface area (Å²) in [6.45, 7) is 0.697. The molecule has 1 atom stereocenters. The van der Waals surface area contributed by atoms with E-state index in [1.54, 1.807) is 23.6 Å². The van der Waals surface area contributed by atoms with Crippen LogP contribution in [0.3, 0.4) is 0 Å². The number of imidazole rings is 1. The number of hydrogen-bond acceptors (Lipinski definition) is 5. The zero-order chi connectivity index (χ0) is 18.1. The highest BCUT2D eigenvalue weighted by atomic mass is 32.1. The summed E-state index contributed by atoms with van der Waals surface area (Å²) < 4.78 is 0. The summed E-state index contributed by atoms with van der Waals surface area (Å²) in [7, 11) is 0. The number of aromatic amines is 1. The van der Waals surface area contributed by atoms with Crippen molar-refractivity contribution in [1.29, 1.82) is 0 Å². The smallest absolute Gasteiger partial charge is 0.407 e. The molecule has 0 aromatic carbocycles. The molecule has 0 saturated carbocycles. The highest BCUT2D eigenvalue weighted by molar-refractivity contribution is 7.13. The number of carboxylic acid groups (broad SMARTS) is 1. The molecular weight excluding hydrogens is 354 g/mol. The topological polar surface area (TPSA) is 111 Å². The van der Waals surface area contributed by atoms with Crippen molar-refractivity contribution < 1.29 is 14.7 Å². The summed E-state index contributed by atoms with van der Waals surface area (Å²) in [5, 5.41) is 14.0. The number of piperidine rings is 1. The summed E-state index contributed by atoms with van der Waals surface area (Å²) in [5.41, 5.74) is 1.79. The SMILES string of the molecule is O=C(Nc1ccnc2nc(-c3cccs3)[nH]c12)C1CCCN(C(=O)O)C1. The van der Waals surface area contributed by atoms with E-state index in [1.807, 2.05) is 17.5 Å². The Morgan fingerprint density at radius 1 is 1.38 bits per heavy atom. The van der Waals surface area contributed by atoms with E-state index < -0.39 is 6.09 Å². The second-order valence-electron chi connectivity index (χ2n) is 6.18. The number of amides is 2. The van der Waals surface area contributed by atoms with Gasteiger partial charge in [0, 0.05) is 19.3 Å². The van der Waals surface area contributed by atoms with Gasteiger partial charge in [0.25, 0.3) is 0 Å². The maximum atomic E-state index is 12.6. The molecule has 0 spiro atoms. The highest BCUT2D eigenvalue weighted by Crippen LogP contribution is 2.28. The highest BCUT2D eigenvalue weighted by Gasteiger charge is 2.28. The standard InChI is InChI=1S/C17H17N5O3S/c23-16(10-3-1-7-22(9-10)17(24)25)19-11-5-6-18-15-13(11)20-14(21-15)12-4-2-8-26-12/h2,4-6,8,10H,1,3,7,9H2,(H,24,25)(H2,18,19,20,21,23). The number of H-pyrrole nitrogens is 1. The Morgan fingerprint density at radius 3 is 3.04 bits per heavy atom. The number of hydrogen-bond donors (Lipinski definition) is 3. The van der Waals surface area contributed by atoms with Gasteiger partial charge in [-0.1, -0.05) is 6.07 Å². The Labute approximate surface area is 152 Å². The molecular formula is C17H17N5O3S. The van der Waals surface area contributed by atoms with Crippen LogP contribution in [0.15, 0.2) is 29.8 Å². The molecule has 3 aromatic heterocycles. The molecule has 0 radical (unpaired) electrons. The Morgan fingerprint density at radius 2 is 2.27 bits per heavy atom. The first-order valence-electron chi connectivity index (χ1n) is 8.29. The summed E-state index contributed by atoms with van der Waals surface area (Å²) in [6.07, 6.45) is 1.97. The number of rotatable bonds is 3. The van der Waals surface area contributed by atoms with Gasteiger partial charge in [-0.3, -0.25) is 4.79 Å². The van der Waals surface area contributed by atoms with E-state index in [0.29, 0.717) is 42.1 Å². The predicted octanol–water partition coefficient (Wildman–Crippen LogP) is 3.01. The Balaban J connectivity index is 1.57. The number of nitrogens with zero attached hydrogens (tertiary/aromatic N) is 3. The zero-order valence-electron chi connectivity index (χ0n) is 13.8. The maximum Gasteiger partial charge on any atom is 0.407 e. The molecule has 0 bridgehead atoms. The molecule has 1 fully saturated rings. The number of thiophene rings is 1. The molecule has 134 valence electrons. The van der Waals surface area contributed by atoms with Gasteiger partial charge in [0.05, 0.1) is 16.5 Å². The molecule has 4 heterocycles. The van der Waals surface area contributed by atoms with Crippen molar-refractivity contribution in [3.05, 3.63) is 29.8 Å². The zero-order valence-corrected chi connectivity index (χ0v) is 14.6. The number of likely N-dealkylation sites (tertiary alicyclic amines) is 1. The van der Waals surface area contributed by atoms with Crippen molar-refractivity contribution in [3.8, 4) is 10.7 Å². The van der Waals surface area contributed by atoms with Crippen LogP contribution >= 0.6 is 11.3 Å². The van der Waals surface area contributed by atoms with Crippen molar-refractivity contribution in [1.82, 2.24) is 19.9 Å². The lowest BCUT2D eigenvalue weighted by atomic mass is 9.97. The third-order valence-electron chi connectivity index (χ3n) is 4.47. The van der Waals surface area contributed by atoms with Gasteiger partial charge in [0.2, 0.25) is 5.91 Å². The van der Waals surface area contributed by atoms with Crippen LogP contribution in [0.1, 0.15) is 12.8 Å². The van der Waals surface area contributed by atoms with E-state index in [9.17, 15) is 9.59 Å². The first kappa shape index (κ1) is 16.5. The quantitative estimate of drug-likeness (QED) is 0.655. The largest absolute Gasteiger partial charge is 0.465 e. The summed E-state index contributed by atoms with van der Waals surface area (Å²) >= 11 is 1.57. The fourth-order valence-electron chi connectivity index (χ4n) is 3.14. The van der Waals surface area contributed by atoms with Gasteiger partial charge in [-0.2, -0.15) is 0 Å². The van der Waals surface area contributed by atoms with Crippen molar-refractivity contribution in [2.24, 2.45) is 5.92 Å². The van der Waals surface area contributed by atoms with Crippen LogP contribution in [-0.4, -0.2) is 50.0 Å². The summed E-state index contributed by atoms with van der Waals surface area (Å²) in [4.78, 5) is 38.0. The third kappa shape index (κ3) is 3.13. The molecule has 1 aliphatic heterocycles. The van der Waals surface area contributed by atoms with E-state index in [1.165, 1.54) is 4.90 Å². The van der Waals surface area contributed by atoms with Gasteiger partial charge in [0.15, 0.2) is 11.5 Å². The second kappa shape index (κ2) is 6.75. The number of carbonyl (C=O) groups excluding carboxylic acids is 1. The van der Waals surface area contributed by atoms with Crippen LogP contribution in [0.5, 0.6) is 0 Å². The van der Waals surface area contributed by atoms with Crippen molar-refractivity contribution in [2.75, 3.05) is 18.4 Å². The Hall–Kier alpha value is -2.94. The van der Waals surface area contributed by atoms with E-state index in [0.717, 1.165) is 4.88 Å². The number of carbonyl (C=O) groups is 2. The van der Waals surface area contributed by atoms with Crippen molar-refractivity contribution in [2.45, 2.75) is 12.8 Å². The van der Waals surface area contributed by atoms with Crippen molar-refractivity contribution >= 4 is 40.2 Å². The normalized spacial score (nSPS) is 17.4.